The van der Waals surface area contributed by atoms with Crippen LogP contribution in [0.3, 0.4) is 0 Å². The molecule has 1 N–H and O–H groups in total. The highest BCUT2D eigenvalue weighted by Crippen LogP contribution is 2.41. The quantitative estimate of drug-likeness (QED) is 0.371. The molecule has 4 aromatic rings. The Morgan fingerprint density at radius 2 is 2.08 bits per heavy atom. The van der Waals surface area contributed by atoms with E-state index in [0.717, 1.165) is 6.42 Å². The second-order valence-corrected chi connectivity index (χ2v) is 11.8. The molecule has 2 aliphatic rings. The number of ether oxygens (including phenoxy) is 1. The van der Waals surface area contributed by atoms with Crippen LogP contribution >= 0.6 is 11.6 Å². The molecule has 3 aromatic heterocycles. The summed E-state index contributed by atoms with van der Waals surface area (Å²) in [6.07, 6.45) is 7.04. The fourth-order valence-corrected chi connectivity index (χ4v) is 7.23. The third kappa shape index (κ3) is 3.81. The lowest BCUT2D eigenvalue weighted by Gasteiger charge is -2.37. The van der Waals surface area contributed by atoms with Crippen LogP contribution in [0.4, 0.5) is 0 Å². The number of aromatic nitrogens is 5. The summed E-state index contributed by atoms with van der Waals surface area (Å²) < 4.78 is 37.9. The molecule has 0 saturated carbocycles. The highest BCUT2D eigenvalue weighted by Gasteiger charge is 2.35. The summed E-state index contributed by atoms with van der Waals surface area (Å²) in [4.78, 5) is 18.8. The van der Waals surface area contributed by atoms with Gasteiger partial charge in [-0.25, -0.2) is 17.6 Å². The number of sulfonamides is 1. The van der Waals surface area contributed by atoms with Gasteiger partial charge < -0.3 is 14.6 Å². The molecule has 1 atom stereocenters. The lowest BCUT2D eigenvalue weighted by molar-refractivity contribution is 0.184. The molecule has 0 aliphatic carbocycles. The molecular formula is C25H28ClN7O4S. The predicted molar refractivity (Wildman–Crippen MR) is 144 cm³/mol. The van der Waals surface area contributed by atoms with E-state index in [4.69, 9.17) is 16.3 Å². The van der Waals surface area contributed by atoms with Crippen molar-refractivity contribution < 1.29 is 13.2 Å². The van der Waals surface area contributed by atoms with Gasteiger partial charge in [0, 0.05) is 37.8 Å². The molecule has 200 valence electrons. The number of aromatic amines is 1. The minimum Gasteiger partial charge on any atom is -0.493 e. The Labute approximate surface area is 224 Å². The largest absolute Gasteiger partial charge is 0.493 e. The lowest BCUT2D eigenvalue weighted by atomic mass is 10.1. The van der Waals surface area contributed by atoms with Crippen molar-refractivity contribution in [2.45, 2.75) is 44.2 Å². The van der Waals surface area contributed by atoms with Gasteiger partial charge >= 0.3 is 5.69 Å². The van der Waals surface area contributed by atoms with Crippen molar-refractivity contribution in [3.8, 4) is 17.0 Å². The van der Waals surface area contributed by atoms with Gasteiger partial charge in [-0.05, 0) is 44.2 Å². The average molecular weight is 558 g/mol. The summed E-state index contributed by atoms with van der Waals surface area (Å²) in [5, 5.41) is 8.33. The third-order valence-corrected chi connectivity index (χ3v) is 9.42. The van der Waals surface area contributed by atoms with E-state index in [0.29, 0.717) is 72.9 Å². The van der Waals surface area contributed by atoms with Crippen molar-refractivity contribution in [3.05, 3.63) is 52.3 Å². The summed E-state index contributed by atoms with van der Waals surface area (Å²) in [6.45, 7) is 6.14. The monoisotopic (exact) mass is 557 g/mol. The second kappa shape index (κ2) is 9.44. The van der Waals surface area contributed by atoms with Crippen molar-refractivity contribution in [3.63, 3.8) is 0 Å². The first-order valence-corrected chi connectivity index (χ1v) is 14.5. The number of piperazine rings is 1. The zero-order chi connectivity index (χ0) is 26.6. The van der Waals surface area contributed by atoms with Crippen LogP contribution in [0.15, 0.2) is 46.5 Å². The maximum Gasteiger partial charge on any atom is 0.335 e. The minimum atomic E-state index is -3.77. The maximum atomic E-state index is 13.7. The molecule has 0 unspecified atom stereocenters. The summed E-state index contributed by atoms with van der Waals surface area (Å²) in [5.41, 5.74) is 2.02. The molecule has 38 heavy (non-hydrogen) atoms. The summed E-state index contributed by atoms with van der Waals surface area (Å²) in [5.74, 6) is 0.478. The van der Waals surface area contributed by atoms with Crippen LogP contribution in [0.2, 0.25) is 5.02 Å². The molecular weight excluding hydrogens is 530 g/mol. The Balaban J connectivity index is 1.51. The van der Waals surface area contributed by atoms with E-state index in [1.807, 2.05) is 20.0 Å². The summed E-state index contributed by atoms with van der Waals surface area (Å²) >= 11 is 6.94. The Morgan fingerprint density at radius 1 is 1.24 bits per heavy atom. The van der Waals surface area contributed by atoms with Gasteiger partial charge in [-0.2, -0.15) is 4.31 Å². The van der Waals surface area contributed by atoms with Gasteiger partial charge in [-0.3, -0.25) is 4.57 Å². The summed E-state index contributed by atoms with van der Waals surface area (Å²) in [7, 11) is -3.77. The Morgan fingerprint density at radius 3 is 2.87 bits per heavy atom. The van der Waals surface area contributed by atoms with Crippen LogP contribution in [0.5, 0.6) is 5.75 Å². The fraction of sp³-hybridized carbons (Fsp3) is 0.400. The number of H-pyrrole nitrogens is 1. The zero-order valence-corrected chi connectivity index (χ0v) is 22.7. The first-order valence-electron chi connectivity index (χ1n) is 12.7. The molecule has 1 aromatic carbocycles. The number of hydrogen-bond donors (Lipinski definition) is 1. The van der Waals surface area contributed by atoms with E-state index in [1.165, 1.54) is 10.7 Å². The topological polar surface area (TPSA) is 118 Å². The van der Waals surface area contributed by atoms with Crippen molar-refractivity contribution in [2.75, 3.05) is 26.2 Å². The Bertz CT molecular complexity index is 1740. The average Bonchev–Trinajstić information content (AvgIpc) is 3.65. The zero-order valence-electron chi connectivity index (χ0n) is 21.1. The number of nitrogens with one attached hydrogen (secondary N) is 1. The van der Waals surface area contributed by atoms with Crippen molar-refractivity contribution >= 4 is 38.3 Å². The van der Waals surface area contributed by atoms with Gasteiger partial charge in [-0.15, -0.1) is 10.2 Å². The fourth-order valence-electron chi connectivity index (χ4n) is 5.38. The molecule has 5 heterocycles. The first-order chi connectivity index (χ1) is 18.3. The standard InChI is InChI=1S/C25H28ClN7O4S/c1-3-9-32-23-20(26)21(28-22(23)24-29-27-15-33(24)25(32)34)18-13-17(7-8-19(18)37-4-2)38(35,36)31-12-11-30-10-5-6-16(30)14-31/h5,7-8,10,13,15-16,28H,3-4,6,9,11-12,14H2,1-2H3/t16-/m0/s1. The highest BCUT2D eigenvalue weighted by atomic mass is 35.5. The van der Waals surface area contributed by atoms with Crippen molar-refractivity contribution in [2.24, 2.45) is 0 Å². The van der Waals surface area contributed by atoms with E-state index >= 15 is 0 Å². The van der Waals surface area contributed by atoms with Crippen molar-refractivity contribution in [1.82, 2.24) is 33.4 Å². The molecule has 0 amide bonds. The van der Waals surface area contributed by atoms with Crippen LogP contribution in [-0.2, 0) is 16.6 Å². The normalized spacial score (nSPS) is 18.1. The second-order valence-electron chi connectivity index (χ2n) is 9.46. The molecule has 0 radical (unpaired) electrons. The number of nitrogens with zero attached hydrogens (tertiary/aromatic N) is 6. The van der Waals surface area contributed by atoms with Gasteiger partial charge in [0.25, 0.3) is 0 Å². The minimum absolute atomic E-state index is 0.156. The first kappa shape index (κ1) is 25.0. The molecule has 0 bridgehead atoms. The number of halogens is 1. The van der Waals surface area contributed by atoms with Gasteiger partial charge in [0.2, 0.25) is 10.0 Å². The van der Waals surface area contributed by atoms with Crippen molar-refractivity contribution in [1.29, 1.82) is 0 Å². The van der Waals surface area contributed by atoms with E-state index < -0.39 is 10.0 Å². The third-order valence-electron chi connectivity index (χ3n) is 7.19. The van der Waals surface area contributed by atoms with E-state index in [9.17, 15) is 13.2 Å². The van der Waals surface area contributed by atoms with E-state index in [-0.39, 0.29) is 21.6 Å². The predicted octanol–water partition coefficient (Wildman–Crippen LogP) is 3.09. The van der Waals surface area contributed by atoms with Gasteiger partial charge in [0.1, 0.15) is 17.6 Å². The maximum absolute atomic E-state index is 13.7. The SMILES string of the molecule is CCCn1c(=O)n2cnnc2c2[nH]c(-c3cc(S(=O)(=O)N4CCN5C=CC[C@H]5C4)ccc3OCC)c(Cl)c21. The van der Waals surface area contributed by atoms with Gasteiger partial charge in [0.15, 0.2) is 5.65 Å². The molecule has 2 aliphatic heterocycles. The Kier molecular flexibility index (Phi) is 6.20. The van der Waals surface area contributed by atoms with Crippen LogP contribution in [0, 0.1) is 0 Å². The lowest BCUT2D eigenvalue weighted by Crippen LogP contribution is -2.51. The van der Waals surface area contributed by atoms with Crippen LogP contribution in [0.1, 0.15) is 26.7 Å². The highest BCUT2D eigenvalue weighted by molar-refractivity contribution is 7.89. The number of hydrogen-bond acceptors (Lipinski definition) is 7. The van der Waals surface area contributed by atoms with Crippen LogP contribution in [-0.4, -0.2) is 74.1 Å². The smallest absolute Gasteiger partial charge is 0.335 e. The Hall–Kier alpha value is -3.35. The van der Waals surface area contributed by atoms with E-state index in [2.05, 4.69) is 26.2 Å². The van der Waals surface area contributed by atoms with Gasteiger partial charge in [0.05, 0.1) is 27.7 Å². The van der Waals surface area contributed by atoms with Crippen LogP contribution < -0.4 is 10.4 Å². The number of rotatable bonds is 7. The summed E-state index contributed by atoms with van der Waals surface area (Å²) in [6, 6.07) is 4.99. The number of fused-ring (bicyclic) bond motifs is 4. The van der Waals surface area contributed by atoms with E-state index in [1.54, 1.807) is 27.1 Å². The van der Waals surface area contributed by atoms with Crippen LogP contribution in [0.25, 0.3) is 27.9 Å². The molecule has 1 saturated heterocycles. The molecule has 1 fully saturated rings. The number of benzene rings is 1. The molecule has 13 heteroatoms. The molecule has 6 rings (SSSR count). The molecule has 0 spiro atoms. The molecule has 11 nitrogen and oxygen atoms in total. The number of aryl methyl sites for hydroxylation is 1. The van der Waals surface area contributed by atoms with Gasteiger partial charge in [-0.1, -0.05) is 24.6 Å².